The third kappa shape index (κ3) is 3.77. The van der Waals surface area contributed by atoms with Crippen molar-refractivity contribution in [1.82, 2.24) is 5.16 Å². The Morgan fingerprint density at radius 3 is 2.61 bits per heavy atom. The van der Waals surface area contributed by atoms with Crippen molar-refractivity contribution >= 4 is 17.3 Å². The normalized spacial score (nSPS) is 10.3. The van der Waals surface area contributed by atoms with Crippen molar-refractivity contribution in [2.24, 2.45) is 0 Å². The van der Waals surface area contributed by atoms with Crippen LogP contribution in [-0.2, 0) is 11.3 Å². The summed E-state index contributed by atoms with van der Waals surface area (Å²) in [6.07, 6.45) is 0. The summed E-state index contributed by atoms with van der Waals surface area (Å²) in [6.45, 7) is 1.87. The van der Waals surface area contributed by atoms with Crippen LogP contribution < -0.4 is 5.32 Å². The van der Waals surface area contributed by atoms with Gasteiger partial charge in [0.05, 0.1) is 11.3 Å². The van der Waals surface area contributed by atoms with Gasteiger partial charge in [-0.15, -0.1) is 0 Å². The molecule has 0 spiro atoms. The van der Waals surface area contributed by atoms with E-state index in [0.29, 0.717) is 22.7 Å². The average Bonchev–Trinajstić information content (AvgIpc) is 3.00. The molecule has 3 rings (SSSR count). The topological polar surface area (TPSA) is 64.4 Å². The molecular weight excluding hydrogens is 292 g/mol. The Hall–Kier alpha value is -3.08. The molecule has 1 N–H and O–H groups in total. The number of anilines is 2. The molecule has 0 saturated heterocycles. The highest BCUT2D eigenvalue weighted by atomic mass is 16.5. The maximum Gasteiger partial charge on any atom is 0.340 e. The first-order valence-electron chi connectivity index (χ1n) is 7.23. The molecule has 116 valence electrons. The average molecular weight is 308 g/mol. The summed E-state index contributed by atoms with van der Waals surface area (Å²) >= 11 is 0. The number of ether oxygens (including phenoxy) is 1. The summed E-state index contributed by atoms with van der Waals surface area (Å²) in [7, 11) is 0. The van der Waals surface area contributed by atoms with Gasteiger partial charge in [0.15, 0.2) is 0 Å². The Kier molecular flexibility index (Phi) is 4.38. The molecule has 5 nitrogen and oxygen atoms in total. The quantitative estimate of drug-likeness (QED) is 0.719. The van der Waals surface area contributed by atoms with E-state index in [-0.39, 0.29) is 6.61 Å². The van der Waals surface area contributed by atoms with Gasteiger partial charge in [-0.25, -0.2) is 4.79 Å². The Morgan fingerprint density at radius 1 is 1.13 bits per heavy atom. The Morgan fingerprint density at radius 2 is 1.87 bits per heavy atom. The molecule has 0 amide bonds. The van der Waals surface area contributed by atoms with Crippen molar-refractivity contribution in [3.05, 3.63) is 77.7 Å². The number of para-hydroxylation sites is 2. The van der Waals surface area contributed by atoms with Crippen LogP contribution in [0.5, 0.6) is 0 Å². The molecular formula is C18H16N2O3. The molecule has 0 aliphatic rings. The Labute approximate surface area is 133 Å². The summed E-state index contributed by atoms with van der Waals surface area (Å²) in [4.78, 5) is 12.3. The van der Waals surface area contributed by atoms with Gasteiger partial charge in [-0.3, -0.25) is 0 Å². The molecule has 0 atom stereocenters. The van der Waals surface area contributed by atoms with Crippen LogP contribution in [0.2, 0.25) is 0 Å². The largest absolute Gasteiger partial charge is 0.455 e. The minimum Gasteiger partial charge on any atom is -0.455 e. The highest BCUT2D eigenvalue weighted by Gasteiger charge is 2.13. The smallest absolute Gasteiger partial charge is 0.340 e. The van der Waals surface area contributed by atoms with Gasteiger partial charge in [0.2, 0.25) is 0 Å². The number of nitrogens with zero attached hydrogens (tertiary/aromatic N) is 1. The van der Waals surface area contributed by atoms with E-state index in [9.17, 15) is 4.79 Å². The number of carbonyl (C=O) groups excluding carboxylic acids is 1. The zero-order chi connectivity index (χ0) is 16.1. The highest BCUT2D eigenvalue weighted by Crippen LogP contribution is 2.21. The van der Waals surface area contributed by atoms with Crippen molar-refractivity contribution < 1.29 is 14.1 Å². The number of rotatable bonds is 5. The number of aromatic nitrogens is 1. The molecule has 23 heavy (non-hydrogen) atoms. The first kappa shape index (κ1) is 14.8. The molecule has 0 radical (unpaired) electrons. The first-order chi connectivity index (χ1) is 11.2. The number of hydrogen-bond donors (Lipinski definition) is 1. The van der Waals surface area contributed by atoms with Crippen LogP contribution >= 0.6 is 0 Å². The zero-order valence-electron chi connectivity index (χ0n) is 12.7. The molecule has 0 saturated carbocycles. The van der Waals surface area contributed by atoms with Crippen molar-refractivity contribution in [2.75, 3.05) is 5.32 Å². The van der Waals surface area contributed by atoms with Gasteiger partial charge in [-0.1, -0.05) is 35.5 Å². The second-order valence-electron chi connectivity index (χ2n) is 5.04. The maximum atomic E-state index is 12.3. The SMILES string of the molecule is Cc1cc(COC(=O)c2ccccc2Nc2ccccc2)no1. The van der Waals surface area contributed by atoms with E-state index >= 15 is 0 Å². The van der Waals surface area contributed by atoms with Gasteiger partial charge in [0.1, 0.15) is 18.1 Å². The number of aryl methyl sites for hydroxylation is 1. The number of nitrogens with one attached hydrogen (secondary N) is 1. The van der Waals surface area contributed by atoms with E-state index in [4.69, 9.17) is 9.26 Å². The lowest BCUT2D eigenvalue weighted by atomic mass is 10.1. The fourth-order valence-electron chi connectivity index (χ4n) is 2.15. The summed E-state index contributed by atoms with van der Waals surface area (Å²) in [5, 5.41) is 7.02. The van der Waals surface area contributed by atoms with E-state index in [1.807, 2.05) is 42.5 Å². The van der Waals surface area contributed by atoms with Gasteiger partial charge in [-0.05, 0) is 31.2 Å². The molecule has 5 heteroatoms. The fourth-order valence-corrected chi connectivity index (χ4v) is 2.15. The van der Waals surface area contributed by atoms with Crippen LogP contribution in [0, 0.1) is 6.92 Å². The van der Waals surface area contributed by atoms with Gasteiger partial charge in [-0.2, -0.15) is 0 Å². The molecule has 0 bridgehead atoms. The standard InChI is InChI=1S/C18H16N2O3/c1-13-11-15(20-23-13)12-22-18(21)16-9-5-6-10-17(16)19-14-7-3-2-4-8-14/h2-11,19H,12H2,1H3. The second kappa shape index (κ2) is 6.79. The molecule has 3 aromatic rings. The fraction of sp³-hybridized carbons (Fsp3) is 0.111. The monoisotopic (exact) mass is 308 g/mol. The molecule has 1 aromatic heterocycles. The third-order valence-electron chi connectivity index (χ3n) is 3.23. The van der Waals surface area contributed by atoms with Crippen LogP contribution in [0.15, 0.2) is 65.2 Å². The van der Waals surface area contributed by atoms with Crippen LogP contribution in [0.1, 0.15) is 21.8 Å². The van der Waals surface area contributed by atoms with E-state index < -0.39 is 5.97 Å². The molecule has 2 aromatic carbocycles. The van der Waals surface area contributed by atoms with E-state index in [2.05, 4.69) is 10.5 Å². The molecule has 0 aliphatic heterocycles. The summed E-state index contributed by atoms with van der Waals surface area (Å²) in [5.41, 5.74) is 2.65. The lowest BCUT2D eigenvalue weighted by Crippen LogP contribution is -2.08. The van der Waals surface area contributed by atoms with E-state index in [1.165, 1.54) is 0 Å². The van der Waals surface area contributed by atoms with E-state index in [0.717, 1.165) is 5.69 Å². The van der Waals surface area contributed by atoms with Crippen molar-refractivity contribution in [3.8, 4) is 0 Å². The zero-order valence-corrected chi connectivity index (χ0v) is 12.7. The van der Waals surface area contributed by atoms with E-state index in [1.54, 1.807) is 25.1 Å². The van der Waals surface area contributed by atoms with Crippen LogP contribution in [-0.4, -0.2) is 11.1 Å². The molecule has 0 unspecified atom stereocenters. The lowest BCUT2D eigenvalue weighted by molar-refractivity contribution is 0.0465. The van der Waals surface area contributed by atoms with Crippen molar-refractivity contribution in [2.45, 2.75) is 13.5 Å². The molecule has 0 fully saturated rings. The summed E-state index contributed by atoms with van der Waals surface area (Å²) < 4.78 is 10.3. The Balaban J connectivity index is 1.72. The summed E-state index contributed by atoms with van der Waals surface area (Å²) in [5.74, 6) is 0.270. The van der Waals surface area contributed by atoms with Crippen LogP contribution in [0.25, 0.3) is 0 Å². The molecule has 0 aliphatic carbocycles. The van der Waals surface area contributed by atoms with Gasteiger partial charge in [0.25, 0.3) is 0 Å². The van der Waals surface area contributed by atoms with Crippen molar-refractivity contribution in [3.63, 3.8) is 0 Å². The first-order valence-corrected chi connectivity index (χ1v) is 7.23. The second-order valence-corrected chi connectivity index (χ2v) is 5.04. The maximum absolute atomic E-state index is 12.3. The van der Waals surface area contributed by atoms with Crippen LogP contribution in [0.4, 0.5) is 11.4 Å². The number of carbonyl (C=O) groups is 1. The highest BCUT2D eigenvalue weighted by molar-refractivity contribution is 5.96. The lowest BCUT2D eigenvalue weighted by Gasteiger charge is -2.11. The van der Waals surface area contributed by atoms with Crippen LogP contribution in [0.3, 0.4) is 0 Å². The number of hydrogen-bond acceptors (Lipinski definition) is 5. The molecule has 1 heterocycles. The number of esters is 1. The van der Waals surface area contributed by atoms with Gasteiger partial charge >= 0.3 is 5.97 Å². The predicted octanol–water partition coefficient (Wildman–Crippen LogP) is 4.08. The summed E-state index contributed by atoms with van der Waals surface area (Å²) in [6, 6.07) is 18.6. The minimum atomic E-state index is -0.412. The predicted molar refractivity (Wildman–Crippen MR) is 86.5 cm³/mol. The Bertz CT molecular complexity index is 797. The van der Waals surface area contributed by atoms with Crippen molar-refractivity contribution in [1.29, 1.82) is 0 Å². The third-order valence-corrected chi connectivity index (χ3v) is 3.23. The van der Waals surface area contributed by atoms with Gasteiger partial charge in [0, 0.05) is 11.8 Å². The minimum absolute atomic E-state index is 0.0792. The number of benzene rings is 2. The van der Waals surface area contributed by atoms with Gasteiger partial charge < -0.3 is 14.6 Å².